The third kappa shape index (κ3) is 2.65. The van der Waals surface area contributed by atoms with E-state index in [-0.39, 0.29) is 17.5 Å². The van der Waals surface area contributed by atoms with Gasteiger partial charge in [-0.15, -0.1) is 0 Å². The van der Waals surface area contributed by atoms with Gasteiger partial charge >= 0.3 is 0 Å². The van der Waals surface area contributed by atoms with E-state index in [9.17, 15) is 9.59 Å². The maximum atomic E-state index is 13.2. The number of likely N-dealkylation sites (tertiary alicyclic amines) is 1. The summed E-state index contributed by atoms with van der Waals surface area (Å²) in [7, 11) is 0. The fraction of sp³-hybridized carbons (Fsp3) is 0.400. The molecule has 3 aromatic rings. The number of nitrogens with zero attached hydrogens (tertiary/aromatic N) is 3. The van der Waals surface area contributed by atoms with E-state index in [1.165, 1.54) is 0 Å². The number of amides is 1. The van der Waals surface area contributed by atoms with Gasteiger partial charge in [-0.2, -0.15) is 0 Å². The Hall–Kier alpha value is -2.96. The molecule has 138 valence electrons. The van der Waals surface area contributed by atoms with Crippen molar-refractivity contribution in [2.24, 2.45) is 0 Å². The number of aryl methyl sites for hydroxylation is 1. The van der Waals surface area contributed by atoms with Crippen molar-refractivity contribution in [3.05, 3.63) is 57.5 Å². The quantitative estimate of drug-likeness (QED) is 0.755. The van der Waals surface area contributed by atoms with Crippen molar-refractivity contribution in [2.45, 2.75) is 44.6 Å². The molecule has 0 spiro atoms. The average Bonchev–Trinajstić information content (AvgIpc) is 3.35. The number of nitrogens with one attached hydrogen (secondary N) is 1. The summed E-state index contributed by atoms with van der Waals surface area (Å²) >= 11 is 0. The van der Waals surface area contributed by atoms with Crippen molar-refractivity contribution in [1.82, 2.24) is 20.0 Å². The van der Waals surface area contributed by atoms with Crippen LogP contribution >= 0.6 is 0 Å². The zero-order chi connectivity index (χ0) is 18.4. The van der Waals surface area contributed by atoms with E-state index >= 15 is 0 Å². The third-order valence-corrected chi connectivity index (χ3v) is 5.61. The topological polar surface area (TPSA) is 92.1 Å². The summed E-state index contributed by atoms with van der Waals surface area (Å²) in [6.45, 7) is 0.627. The number of benzene rings is 1. The number of aromatic amines is 1. The number of para-hydroxylation sites is 1. The number of carbonyl (C=O) groups excluding carboxylic acids is 1. The van der Waals surface area contributed by atoms with E-state index < -0.39 is 0 Å². The summed E-state index contributed by atoms with van der Waals surface area (Å²) in [5, 5.41) is 4.64. The van der Waals surface area contributed by atoms with Gasteiger partial charge in [0.05, 0.1) is 16.9 Å². The molecule has 3 heterocycles. The summed E-state index contributed by atoms with van der Waals surface area (Å²) < 4.78 is 5.41. The van der Waals surface area contributed by atoms with Crippen LogP contribution in [-0.4, -0.2) is 32.5 Å². The van der Waals surface area contributed by atoms with Crippen molar-refractivity contribution in [3.8, 4) is 0 Å². The molecule has 1 unspecified atom stereocenters. The van der Waals surface area contributed by atoms with Crippen LogP contribution in [0.25, 0.3) is 10.9 Å². The first-order valence-electron chi connectivity index (χ1n) is 9.50. The lowest BCUT2D eigenvalue weighted by Crippen LogP contribution is -2.33. The Labute approximate surface area is 155 Å². The van der Waals surface area contributed by atoms with Crippen LogP contribution in [0.2, 0.25) is 0 Å². The van der Waals surface area contributed by atoms with Gasteiger partial charge in [0.15, 0.2) is 5.69 Å². The molecule has 0 bridgehead atoms. The molecule has 1 aliphatic carbocycles. The molecule has 7 heteroatoms. The second kappa shape index (κ2) is 6.33. The fourth-order valence-electron chi connectivity index (χ4n) is 4.25. The van der Waals surface area contributed by atoms with Gasteiger partial charge in [0.25, 0.3) is 11.5 Å². The predicted octanol–water partition coefficient (Wildman–Crippen LogP) is 2.77. The zero-order valence-corrected chi connectivity index (χ0v) is 14.9. The first-order valence-corrected chi connectivity index (χ1v) is 9.50. The van der Waals surface area contributed by atoms with E-state index in [1.54, 1.807) is 11.0 Å². The second-order valence-corrected chi connectivity index (χ2v) is 7.26. The van der Waals surface area contributed by atoms with Crippen molar-refractivity contribution < 1.29 is 9.32 Å². The highest BCUT2D eigenvalue weighted by Crippen LogP contribution is 2.33. The molecule has 1 aromatic carbocycles. The summed E-state index contributed by atoms with van der Waals surface area (Å²) in [5.74, 6) is 1.26. The van der Waals surface area contributed by atoms with E-state index in [4.69, 9.17) is 4.52 Å². The first-order chi connectivity index (χ1) is 13.2. The number of carbonyl (C=O) groups is 1. The van der Waals surface area contributed by atoms with Gasteiger partial charge in [-0.25, -0.2) is 4.98 Å². The monoisotopic (exact) mass is 364 g/mol. The second-order valence-electron chi connectivity index (χ2n) is 7.26. The number of fused-ring (bicyclic) bond motifs is 2. The maximum absolute atomic E-state index is 13.2. The Balaban J connectivity index is 1.51. The van der Waals surface area contributed by atoms with Crippen LogP contribution in [0, 0.1) is 0 Å². The fourth-order valence-corrected chi connectivity index (χ4v) is 4.25. The lowest BCUT2D eigenvalue weighted by Gasteiger charge is -2.23. The minimum atomic E-state index is -0.245. The molecule has 2 aliphatic rings. The lowest BCUT2D eigenvalue weighted by atomic mass is 9.96. The van der Waals surface area contributed by atoms with E-state index in [1.807, 2.05) is 18.2 Å². The van der Waals surface area contributed by atoms with Crippen molar-refractivity contribution >= 4 is 16.8 Å². The minimum absolute atomic E-state index is 0.125. The van der Waals surface area contributed by atoms with Crippen LogP contribution in [0.3, 0.4) is 0 Å². The average molecular weight is 364 g/mol. The van der Waals surface area contributed by atoms with Gasteiger partial charge in [-0.1, -0.05) is 17.3 Å². The summed E-state index contributed by atoms with van der Waals surface area (Å²) in [5.41, 5.74) is 1.86. The summed E-state index contributed by atoms with van der Waals surface area (Å²) in [6, 6.07) is 7.01. The van der Waals surface area contributed by atoms with Crippen LogP contribution < -0.4 is 5.56 Å². The van der Waals surface area contributed by atoms with Crippen LogP contribution in [0.15, 0.2) is 33.6 Å². The molecule has 1 aliphatic heterocycles. The summed E-state index contributed by atoms with van der Waals surface area (Å²) in [6.07, 6.45) is 5.45. The Kier molecular flexibility index (Phi) is 3.81. The molecular formula is C20H20N4O3. The number of hydrogen-bond donors (Lipinski definition) is 1. The summed E-state index contributed by atoms with van der Waals surface area (Å²) in [4.78, 5) is 34.9. The number of aromatic nitrogens is 3. The largest absolute Gasteiger partial charge is 0.360 e. The van der Waals surface area contributed by atoms with Gasteiger partial charge in [0.2, 0.25) is 0 Å². The van der Waals surface area contributed by atoms with Crippen molar-refractivity contribution in [1.29, 1.82) is 0 Å². The molecule has 1 atom stereocenters. The molecule has 7 nitrogen and oxygen atoms in total. The van der Waals surface area contributed by atoms with Crippen LogP contribution in [-0.2, 0) is 12.8 Å². The Morgan fingerprint density at radius 2 is 2.04 bits per heavy atom. The van der Waals surface area contributed by atoms with Crippen LogP contribution in [0.5, 0.6) is 0 Å². The highest BCUT2D eigenvalue weighted by molar-refractivity contribution is 5.94. The normalized spacial score (nSPS) is 19.4. The van der Waals surface area contributed by atoms with Crippen molar-refractivity contribution in [3.63, 3.8) is 0 Å². The predicted molar refractivity (Wildman–Crippen MR) is 98.5 cm³/mol. The lowest BCUT2D eigenvalue weighted by molar-refractivity contribution is 0.0718. The molecule has 1 N–H and O–H groups in total. The van der Waals surface area contributed by atoms with Crippen LogP contribution in [0.1, 0.15) is 59.4 Å². The van der Waals surface area contributed by atoms with E-state index in [0.29, 0.717) is 29.0 Å². The van der Waals surface area contributed by atoms with Crippen molar-refractivity contribution in [2.75, 3.05) is 6.54 Å². The Bertz CT molecular complexity index is 1080. The molecule has 0 radical (unpaired) electrons. The SMILES string of the molecule is O=C(c1noc2c1CCCC2)N1CCCC1c1nc2ccccc2c(=O)[nH]1. The maximum Gasteiger partial charge on any atom is 0.276 e. The molecule has 2 aromatic heterocycles. The first kappa shape index (κ1) is 16.2. The molecule has 1 saturated heterocycles. The highest BCUT2D eigenvalue weighted by Gasteiger charge is 2.36. The number of hydrogen-bond acceptors (Lipinski definition) is 5. The Morgan fingerprint density at radius 3 is 2.96 bits per heavy atom. The van der Waals surface area contributed by atoms with Gasteiger partial charge in [0, 0.05) is 18.5 Å². The standard InChI is InChI=1S/C20H20N4O3/c25-19-12-6-1-3-8-14(12)21-18(22-19)15-9-5-11-24(15)20(26)17-13-7-2-4-10-16(13)27-23-17/h1,3,6,8,15H,2,4-5,7,9-11H2,(H,21,22,25). The minimum Gasteiger partial charge on any atom is -0.360 e. The molecule has 0 saturated carbocycles. The smallest absolute Gasteiger partial charge is 0.276 e. The van der Waals surface area contributed by atoms with Crippen LogP contribution in [0.4, 0.5) is 0 Å². The van der Waals surface area contributed by atoms with Gasteiger partial charge < -0.3 is 14.4 Å². The Morgan fingerprint density at radius 1 is 1.19 bits per heavy atom. The number of H-pyrrole nitrogens is 1. The van der Waals surface area contributed by atoms with Gasteiger partial charge in [0.1, 0.15) is 11.6 Å². The van der Waals surface area contributed by atoms with E-state index in [0.717, 1.165) is 49.8 Å². The van der Waals surface area contributed by atoms with Gasteiger partial charge in [-0.3, -0.25) is 9.59 Å². The molecule has 1 amide bonds. The van der Waals surface area contributed by atoms with E-state index in [2.05, 4.69) is 15.1 Å². The highest BCUT2D eigenvalue weighted by atomic mass is 16.5. The molecule has 1 fully saturated rings. The molecular weight excluding hydrogens is 344 g/mol. The number of rotatable bonds is 2. The van der Waals surface area contributed by atoms with Gasteiger partial charge in [-0.05, 0) is 44.2 Å². The third-order valence-electron chi connectivity index (χ3n) is 5.61. The zero-order valence-electron chi connectivity index (χ0n) is 14.9. The molecule has 5 rings (SSSR count). The molecule has 27 heavy (non-hydrogen) atoms.